The fourth-order valence-corrected chi connectivity index (χ4v) is 2.84. The van der Waals surface area contributed by atoms with E-state index in [0.29, 0.717) is 22.5 Å². The summed E-state index contributed by atoms with van der Waals surface area (Å²) in [4.78, 5) is 27.6. The third-order valence-electron chi connectivity index (χ3n) is 4.10. The molecule has 0 saturated carbocycles. The lowest BCUT2D eigenvalue weighted by atomic mass is 10.1. The van der Waals surface area contributed by atoms with Gasteiger partial charge in [0.1, 0.15) is 11.5 Å². The van der Waals surface area contributed by atoms with E-state index in [-0.39, 0.29) is 11.4 Å². The van der Waals surface area contributed by atoms with Crippen LogP contribution >= 0.6 is 0 Å². The average molecular weight is 385 g/mol. The van der Waals surface area contributed by atoms with Gasteiger partial charge in [-0.3, -0.25) is 9.78 Å². The number of amides is 1. The molecule has 1 N–H and O–H groups in total. The summed E-state index contributed by atoms with van der Waals surface area (Å²) in [5, 5.41) is 7.02. The van der Waals surface area contributed by atoms with E-state index in [1.165, 1.54) is 30.7 Å². The quantitative estimate of drug-likeness (QED) is 0.301. The number of rotatable bonds is 4. The molecule has 0 spiro atoms. The maximum absolute atomic E-state index is 13.9. The van der Waals surface area contributed by atoms with Gasteiger partial charge in [-0.15, -0.1) is 0 Å². The van der Waals surface area contributed by atoms with Crippen molar-refractivity contribution in [3.05, 3.63) is 89.1 Å². The molecule has 2 aromatic heterocycles. The lowest BCUT2D eigenvalue weighted by molar-refractivity contribution is 0.102. The van der Waals surface area contributed by atoms with E-state index < -0.39 is 11.7 Å². The summed E-state index contributed by atoms with van der Waals surface area (Å²) in [6.07, 6.45) is 4.27. The van der Waals surface area contributed by atoms with E-state index in [1.807, 2.05) is 12.1 Å². The number of anilines is 1. The summed E-state index contributed by atoms with van der Waals surface area (Å²) in [5.41, 5.74) is 10.8. The van der Waals surface area contributed by atoms with E-state index in [9.17, 15) is 9.18 Å². The Hall–Kier alpha value is -4.36. The second-order valence-corrected chi connectivity index (χ2v) is 6.01. The predicted molar refractivity (Wildman–Crippen MR) is 106 cm³/mol. The summed E-state index contributed by atoms with van der Waals surface area (Å²) in [7, 11) is 0. The number of para-hydroxylation sites is 1. The van der Waals surface area contributed by atoms with Gasteiger partial charge in [0, 0.05) is 33.9 Å². The van der Waals surface area contributed by atoms with Gasteiger partial charge in [-0.2, -0.15) is 0 Å². The number of carbonyl (C=O) groups excluding carboxylic acids is 1. The second-order valence-electron chi connectivity index (χ2n) is 6.01. The molecule has 29 heavy (non-hydrogen) atoms. The molecule has 0 unspecified atom stereocenters. The zero-order valence-electron chi connectivity index (χ0n) is 14.8. The number of benzene rings is 2. The van der Waals surface area contributed by atoms with Gasteiger partial charge in [-0.25, -0.2) is 14.4 Å². The third kappa shape index (κ3) is 3.85. The van der Waals surface area contributed by atoms with Crippen LogP contribution in [0.2, 0.25) is 0 Å². The molecule has 8 nitrogen and oxygen atoms in total. The lowest BCUT2D eigenvalue weighted by Gasteiger charge is -2.10. The molecular formula is C20H12FN7O. The highest BCUT2D eigenvalue weighted by Crippen LogP contribution is 2.29. The van der Waals surface area contributed by atoms with Crippen molar-refractivity contribution in [3.8, 4) is 11.3 Å². The molecule has 0 aliphatic rings. The Labute approximate surface area is 163 Å². The summed E-state index contributed by atoms with van der Waals surface area (Å²) < 4.78 is 13.9. The largest absolute Gasteiger partial charge is 0.319 e. The molecule has 1 amide bonds. The first-order chi connectivity index (χ1) is 14.1. The molecule has 2 aromatic carbocycles. The third-order valence-corrected chi connectivity index (χ3v) is 4.10. The molecular weight excluding hydrogens is 373 g/mol. The Kier molecular flexibility index (Phi) is 4.79. The van der Waals surface area contributed by atoms with Gasteiger partial charge in [0.2, 0.25) is 0 Å². The number of carbonyl (C=O) groups is 1. The first kappa shape index (κ1) is 18.0. The summed E-state index contributed by atoms with van der Waals surface area (Å²) in [6, 6.07) is 12.9. The predicted octanol–water partition coefficient (Wildman–Crippen LogP) is 5.03. The van der Waals surface area contributed by atoms with Crippen LogP contribution in [0.5, 0.6) is 0 Å². The SMILES string of the molecule is [N-]=[N+]=Nc1cc(F)cc(-c2ccc3cccc(NC(=O)c4cnccn4)c3n2)c1. The number of nitrogens with one attached hydrogen (secondary N) is 1. The van der Waals surface area contributed by atoms with Gasteiger partial charge in [0.25, 0.3) is 5.91 Å². The zero-order valence-corrected chi connectivity index (χ0v) is 14.8. The number of aromatic nitrogens is 3. The first-order valence-electron chi connectivity index (χ1n) is 8.47. The van der Waals surface area contributed by atoms with Crippen LogP contribution in [0.4, 0.5) is 15.8 Å². The number of hydrogen-bond acceptors (Lipinski definition) is 5. The first-order valence-corrected chi connectivity index (χ1v) is 8.47. The van der Waals surface area contributed by atoms with Crippen molar-refractivity contribution in [2.24, 2.45) is 5.11 Å². The minimum Gasteiger partial charge on any atom is -0.319 e. The molecule has 0 atom stereocenters. The van der Waals surface area contributed by atoms with Crippen LogP contribution in [-0.2, 0) is 0 Å². The Morgan fingerprint density at radius 1 is 1.14 bits per heavy atom. The van der Waals surface area contributed by atoms with Crippen molar-refractivity contribution in [1.82, 2.24) is 15.0 Å². The van der Waals surface area contributed by atoms with Crippen LogP contribution < -0.4 is 5.32 Å². The van der Waals surface area contributed by atoms with Crippen molar-refractivity contribution >= 4 is 28.2 Å². The van der Waals surface area contributed by atoms with Crippen molar-refractivity contribution in [3.63, 3.8) is 0 Å². The molecule has 4 rings (SSSR count). The van der Waals surface area contributed by atoms with Gasteiger partial charge in [-0.05, 0) is 35.9 Å². The Morgan fingerprint density at radius 3 is 2.83 bits per heavy atom. The molecule has 140 valence electrons. The fraction of sp³-hybridized carbons (Fsp3) is 0. The topological polar surface area (TPSA) is 117 Å². The molecule has 0 radical (unpaired) electrons. The molecule has 0 aliphatic heterocycles. The van der Waals surface area contributed by atoms with Crippen LogP contribution in [0.25, 0.3) is 32.6 Å². The van der Waals surface area contributed by atoms with Crippen LogP contribution in [-0.4, -0.2) is 20.9 Å². The van der Waals surface area contributed by atoms with Crippen molar-refractivity contribution in [2.45, 2.75) is 0 Å². The minimum absolute atomic E-state index is 0.147. The molecule has 9 heteroatoms. The Morgan fingerprint density at radius 2 is 2.03 bits per heavy atom. The maximum atomic E-state index is 13.9. The minimum atomic E-state index is -0.545. The maximum Gasteiger partial charge on any atom is 0.275 e. The molecule has 0 aliphatic carbocycles. The normalized spacial score (nSPS) is 10.4. The number of halogens is 1. The van der Waals surface area contributed by atoms with Crippen molar-refractivity contribution < 1.29 is 9.18 Å². The number of hydrogen-bond donors (Lipinski definition) is 1. The van der Waals surface area contributed by atoms with E-state index in [2.05, 4.69) is 30.3 Å². The van der Waals surface area contributed by atoms with Crippen LogP contribution in [0.15, 0.2) is 72.2 Å². The van der Waals surface area contributed by atoms with Gasteiger partial charge in [0.05, 0.1) is 23.1 Å². The Balaban J connectivity index is 1.77. The monoisotopic (exact) mass is 385 g/mol. The van der Waals surface area contributed by atoms with Crippen molar-refractivity contribution in [1.29, 1.82) is 0 Å². The number of pyridine rings is 1. The highest BCUT2D eigenvalue weighted by Gasteiger charge is 2.12. The highest BCUT2D eigenvalue weighted by atomic mass is 19.1. The van der Waals surface area contributed by atoms with Gasteiger partial charge in [-0.1, -0.05) is 23.3 Å². The number of azide groups is 1. The van der Waals surface area contributed by atoms with Crippen LogP contribution in [0.3, 0.4) is 0 Å². The Bertz CT molecular complexity index is 1270. The number of fused-ring (bicyclic) bond motifs is 1. The molecule has 0 fully saturated rings. The molecule has 4 aromatic rings. The van der Waals surface area contributed by atoms with Gasteiger partial charge in [0.15, 0.2) is 0 Å². The van der Waals surface area contributed by atoms with Crippen LogP contribution in [0.1, 0.15) is 10.5 Å². The second kappa shape index (κ2) is 7.71. The highest BCUT2D eigenvalue weighted by molar-refractivity contribution is 6.07. The molecule has 2 heterocycles. The smallest absolute Gasteiger partial charge is 0.275 e. The van der Waals surface area contributed by atoms with Gasteiger partial charge >= 0.3 is 0 Å². The lowest BCUT2D eigenvalue weighted by Crippen LogP contribution is -2.14. The summed E-state index contributed by atoms with van der Waals surface area (Å²) in [5.74, 6) is -0.967. The van der Waals surface area contributed by atoms with Crippen LogP contribution in [0, 0.1) is 5.82 Å². The van der Waals surface area contributed by atoms with E-state index >= 15 is 0 Å². The standard InChI is InChI=1S/C20H12FN7O/c21-14-8-13(9-15(10-14)27-28-22)16-5-4-12-2-1-3-17(19(12)25-16)26-20(29)18-11-23-6-7-24-18/h1-11H,(H,26,29). The van der Waals surface area contributed by atoms with Gasteiger partial charge < -0.3 is 5.32 Å². The van der Waals surface area contributed by atoms with E-state index in [1.54, 1.807) is 18.2 Å². The number of nitrogens with zero attached hydrogens (tertiary/aromatic N) is 6. The molecule has 0 bridgehead atoms. The molecule has 0 saturated heterocycles. The zero-order chi connectivity index (χ0) is 20.2. The summed E-state index contributed by atoms with van der Waals surface area (Å²) >= 11 is 0. The van der Waals surface area contributed by atoms with E-state index in [0.717, 1.165) is 11.5 Å². The fourth-order valence-electron chi connectivity index (χ4n) is 2.84. The summed E-state index contributed by atoms with van der Waals surface area (Å²) in [6.45, 7) is 0. The van der Waals surface area contributed by atoms with E-state index in [4.69, 9.17) is 5.53 Å². The average Bonchev–Trinajstić information content (AvgIpc) is 2.74. The van der Waals surface area contributed by atoms with Crippen molar-refractivity contribution in [2.75, 3.05) is 5.32 Å².